The Bertz CT molecular complexity index is 237. The molecule has 2 fully saturated rings. The van der Waals surface area contributed by atoms with Crippen LogP contribution in [0.2, 0.25) is 0 Å². The molecule has 1 aliphatic carbocycles. The van der Waals surface area contributed by atoms with E-state index in [1.165, 1.54) is 0 Å². The molecule has 0 spiro atoms. The first-order valence-electron chi connectivity index (χ1n) is 4.95. The van der Waals surface area contributed by atoms with Crippen molar-refractivity contribution in [1.29, 1.82) is 0 Å². The maximum atomic E-state index is 11.5. The summed E-state index contributed by atoms with van der Waals surface area (Å²) in [6, 6.07) is 0.441. The van der Waals surface area contributed by atoms with Crippen LogP contribution < -0.4 is 0 Å². The third-order valence-corrected chi connectivity index (χ3v) is 3.33. The van der Waals surface area contributed by atoms with Crippen molar-refractivity contribution in [2.75, 3.05) is 13.2 Å². The van der Waals surface area contributed by atoms with Gasteiger partial charge in [0.25, 0.3) is 0 Å². The highest BCUT2D eigenvalue weighted by molar-refractivity contribution is 5.79. The molecule has 2 aliphatic rings. The van der Waals surface area contributed by atoms with E-state index in [1.54, 1.807) is 0 Å². The number of amides is 1. The maximum absolute atomic E-state index is 11.5. The van der Waals surface area contributed by atoms with E-state index in [0.29, 0.717) is 17.9 Å². The van der Waals surface area contributed by atoms with E-state index in [1.807, 2.05) is 4.90 Å². The predicted molar refractivity (Wildman–Crippen MR) is 49.1 cm³/mol. The lowest BCUT2D eigenvalue weighted by Crippen LogP contribution is -2.30. The molecule has 1 heterocycles. The van der Waals surface area contributed by atoms with Gasteiger partial charge in [0.1, 0.15) is 0 Å². The lowest BCUT2D eigenvalue weighted by Gasteiger charge is -2.18. The van der Waals surface area contributed by atoms with E-state index in [4.69, 9.17) is 5.11 Å². The van der Waals surface area contributed by atoms with Crippen LogP contribution in [0.4, 0.5) is 0 Å². The molecule has 0 bridgehead atoms. The molecule has 0 aromatic carbocycles. The first-order chi connectivity index (χ1) is 6.04. The standard InChI is InChI=1S/C10H17NO2/c1-10(2)4-8(10)11-5-7(6-12)3-9(11)13/h7-8,12H,3-6H2,1-2H3. The quantitative estimate of drug-likeness (QED) is 0.682. The van der Waals surface area contributed by atoms with Crippen LogP contribution in [0.25, 0.3) is 0 Å². The zero-order valence-electron chi connectivity index (χ0n) is 8.29. The number of aliphatic hydroxyl groups excluding tert-OH is 1. The summed E-state index contributed by atoms with van der Waals surface area (Å²) in [5.74, 6) is 0.415. The Hall–Kier alpha value is -0.570. The average molecular weight is 183 g/mol. The highest BCUT2D eigenvalue weighted by Gasteiger charge is 2.52. The summed E-state index contributed by atoms with van der Waals surface area (Å²) in [7, 11) is 0. The Labute approximate surface area is 78.7 Å². The Balaban J connectivity index is 1.99. The molecule has 1 N–H and O–H groups in total. The molecule has 1 saturated carbocycles. The van der Waals surface area contributed by atoms with Gasteiger partial charge in [-0.3, -0.25) is 4.79 Å². The number of hydrogen-bond acceptors (Lipinski definition) is 2. The van der Waals surface area contributed by atoms with E-state index in [-0.39, 0.29) is 18.4 Å². The van der Waals surface area contributed by atoms with Crippen molar-refractivity contribution in [1.82, 2.24) is 4.90 Å². The van der Waals surface area contributed by atoms with Gasteiger partial charge in [0.2, 0.25) is 5.91 Å². The minimum absolute atomic E-state index is 0.148. The number of rotatable bonds is 2. The van der Waals surface area contributed by atoms with Crippen LogP contribution >= 0.6 is 0 Å². The van der Waals surface area contributed by atoms with Crippen LogP contribution in [0.1, 0.15) is 26.7 Å². The summed E-state index contributed by atoms with van der Waals surface area (Å²) >= 11 is 0. The van der Waals surface area contributed by atoms with Crippen molar-refractivity contribution >= 4 is 5.91 Å². The van der Waals surface area contributed by atoms with Gasteiger partial charge in [0.05, 0.1) is 0 Å². The molecule has 1 amide bonds. The number of aliphatic hydroxyl groups is 1. The number of hydrogen-bond donors (Lipinski definition) is 1. The fraction of sp³-hybridized carbons (Fsp3) is 0.900. The summed E-state index contributed by atoms with van der Waals surface area (Å²) < 4.78 is 0. The molecule has 74 valence electrons. The SMILES string of the molecule is CC1(C)CC1N1CC(CO)CC1=O. The van der Waals surface area contributed by atoms with Gasteiger partial charge in [-0.05, 0) is 11.8 Å². The Morgan fingerprint density at radius 2 is 2.23 bits per heavy atom. The maximum Gasteiger partial charge on any atom is 0.223 e. The monoisotopic (exact) mass is 183 g/mol. The van der Waals surface area contributed by atoms with Gasteiger partial charge in [-0.1, -0.05) is 13.8 Å². The molecule has 0 aromatic rings. The molecular weight excluding hydrogens is 166 g/mol. The fourth-order valence-electron chi connectivity index (χ4n) is 2.20. The first kappa shape index (κ1) is 9.00. The molecule has 1 saturated heterocycles. The van der Waals surface area contributed by atoms with Gasteiger partial charge < -0.3 is 10.0 Å². The first-order valence-corrected chi connectivity index (χ1v) is 4.95. The smallest absolute Gasteiger partial charge is 0.223 e. The molecule has 3 heteroatoms. The van der Waals surface area contributed by atoms with E-state index in [0.717, 1.165) is 13.0 Å². The average Bonchev–Trinajstić information content (AvgIpc) is 2.54. The molecule has 2 atom stereocenters. The second-order valence-electron chi connectivity index (χ2n) is 5.01. The van der Waals surface area contributed by atoms with Crippen molar-refractivity contribution in [3.63, 3.8) is 0 Å². The summed E-state index contributed by atoms with van der Waals surface area (Å²) in [6.07, 6.45) is 1.67. The third kappa shape index (κ3) is 1.46. The summed E-state index contributed by atoms with van der Waals surface area (Å²) in [5.41, 5.74) is 0.319. The minimum Gasteiger partial charge on any atom is -0.396 e. The summed E-state index contributed by atoms with van der Waals surface area (Å²) in [5, 5.41) is 8.95. The minimum atomic E-state index is 0.148. The molecule has 2 unspecified atom stereocenters. The van der Waals surface area contributed by atoms with Gasteiger partial charge in [0.15, 0.2) is 0 Å². The number of nitrogens with zero attached hydrogens (tertiary/aromatic N) is 1. The zero-order valence-corrected chi connectivity index (χ0v) is 8.29. The van der Waals surface area contributed by atoms with Crippen LogP contribution in [0.15, 0.2) is 0 Å². The van der Waals surface area contributed by atoms with E-state index in [2.05, 4.69) is 13.8 Å². The van der Waals surface area contributed by atoms with Gasteiger partial charge in [-0.2, -0.15) is 0 Å². The molecule has 3 nitrogen and oxygen atoms in total. The molecular formula is C10H17NO2. The predicted octanol–water partition coefficient (Wildman–Crippen LogP) is 0.626. The van der Waals surface area contributed by atoms with Gasteiger partial charge in [0, 0.05) is 31.5 Å². The number of likely N-dealkylation sites (tertiary alicyclic amines) is 1. The molecule has 2 rings (SSSR count). The van der Waals surface area contributed by atoms with Crippen LogP contribution in [-0.4, -0.2) is 35.1 Å². The highest BCUT2D eigenvalue weighted by Crippen LogP contribution is 2.49. The lowest BCUT2D eigenvalue weighted by molar-refractivity contribution is -0.128. The van der Waals surface area contributed by atoms with E-state index < -0.39 is 0 Å². The van der Waals surface area contributed by atoms with Crippen LogP contribution in [-0.2, 0) is 4.79 Å². The Morgan fingerprint density at radius 3 is 2.62 bits per heavy atom. The van der Waals surface area contributed by atoms with Crippen molar-refractivity contribution in [2.24, 2.45) is 11.3 Å². The van der Waals surface area contributed by atoms with E-state index >= 15 is 0 Å². The molecule has 1 aliphatic heterocycles. The van der Waals surface area contributed by atoms with Gasteiger partial charge >= 0.3 is 0 Å². The van der Waals surface area contributed by atoms with Crippen molar-refractivity contribution < 1.29 is 9.90 Å². The fourth-order valence-corrected chi connectivity index (χ4v) is 2.20. The lowest BCUT2D eigenvalue weighted by atomic mass is 10.1. The second-order valence-corrected chi connectivity index (χ2v) is 5.01. The highest BCUT2D eigenvalue weighted by atomic mass is 16.3. The van der Waals surface area contributed by atoms with Crippen molar-refractivity contribution in [2.45, 2.75) is 32.7 Å². The molecule has 13 heavy (non-hydrogen) atoms. The second kappa shape index (κ2) is 2.71. The summed E-state index contributed by atoms with van der Waals surface area (Å²) in [4.78, 5) is 13.5. The van der Waals surface area contributed by atoms with Gasteiger partial charge in [-0.25, -0.2) is 0 Å². The number of carbonyl (C=O) groups excluding carboxylic acids is 1. The summed E-state index contributed by atoms with van der Waals surface area (Å²) in [6.45, 7) is 5.30. The normalized spacial score (nSPS) is 36.8. The van der Waals surface area contributed by atoms with Gasteiger partial charge in [-0.15, -0.1) is 0 Å². The molecule has 0 aromatic heterocycles. The van der Waals surface area contributed by atoms with Crippen molar-refractivity contribution in [3.05, 3.63) is 0 Å². The number of carbonyl (C=O) groups is 1. The third-order valence-electron chi connectivity index (χ3n) is 3.33. The topological polar surface area (TPSA) is 40.5 Å². The largest absolute Gasteiger partial charge is 0.396 e. The Kier molecular flexibility index (Phi) is 1.88. The van der Waals surface area contributed by atoms with E-state index in [9.17, 15) is 4.79 Å². The van der Waals surface area contributed by atoms with Crippen LogP contribution in [0.3, 0.4) is 0 Å². The Morgan fingerprint density at radius 1 is 1.62 bits per heavy atom. The molecule has 0 radical (unpaired) electrons. The van der Waals surface area contributed by atoms with Crippen LogP contribution in [0, 0.1) is 11.3 Å². The van der Waals surface area contributed by atoms with Crippen molar-refractivity contribution in [3.8, 4) is 0 Å². The zero-order chi connectivity index (χ0) is 9.64. The van der Waals surface area contributed by atoms with Crippen LogP contribution in [0.5, 0.6) is 0 Å².